The molecule has 0 spiro atoms. The molecular weight excluding hydrogens is 426 g/mol. The van der Waals surface area contributed by atoms with Gasteiger partial charge in [0.1, 0.15) is 23.5 Å². The molecule has 2 heterocycles. The quantitative estimate of drug-likeness (QED) is 0.410. The van der Waals surface area contributed by atoms with Gasteiger partial charge in [-0.15, -0.1) is 0 Å². The second kappa shape index (κ2) is 9.73. The summed E-state index contributed by atoms with van der Waals surface area (Å²) in [4.78, 5) is 17.0. The molecule has 1 amide bonds. The Kier molecular flexibility index (Phi) is 6.40. The number of pyridine rings is 1. The number of carbonyl (C=O) groups is 1. The SMILES string of the molecule is COc1cc(C(=O)Nc2ccc(Oc3ccnc(-c4ccon4)c3)cc2)cc(OC)c1OC. The second-order valence-corrected chi connectivity index (χ2v) is 6.76. The molecule has 168 valence electrons. The molecule has 0 saturated carbocycles. The number of benzene rings is 2. The first-order valence-electron chi connectivity index (χ1n) is 9.87. The summed E-state index contributed by atoms with van der Waals surface area (Å²) in [6, 6.07) is 15.4. The molecule has 1 N–H and O–H groups in total. The highest BCUT2D eigenvalue weighted by atomic mass is 16.5. The van der Waals surface area contributed by atoms with Gasteiger partial charge in [-0.2, -0.15) is 0 Å². The van der Waals surface area contributed by atoms with Gasteiger partial charge in [-0.1, -0.05) is 5.16 Å². The van der Waals surface area contributed by atoms with E-state index >= 15 is 0 Å². The summed E-state index contributed by atoms with van der Waals surface area (Å²) < 4.78 is 26.7. The van der Waals surface area contributed by atoms with Gasteiger partial charge >= 0.3 is 0 Å². The Bertz CT molecular complexity index is 1210. The topological polar surface area (TPSA) is 105 Å². The van der Waals surface area contributed by atoms with Gasteiger partial charge in [0.2, 0.25) is 5.75 Å². The van der Waals surface area contributed by atoms with Crippen molar-refractivity contribution in [2.75, 3.05) is 26.6 Å². The van der Waals surface area contributed by atoms with Crippen molar-refractivity contribution in [1.29, 1.82) is 0 Å². The first-order valence-corrected chi connectivity index (χ1v) is 9.87. The van der Waals surface area contributed by atoms with Crippen molar-refractivity contribution in [3.63, 3.8) is 0 Å². The smallest absolute Gasteiger partial charge is 0.255 e. The number of amides is 1. The fourth-order valence-electron chi connectivity index (χ4n) is 3.12. The van der Waals surface area contributed by atoms with Crippen molar-refractivity contribution in [2.45, 2.75) is 0 Å². The van der Waals surface area contributed by atoms with Crippen LogP contribution < -0.4 is 24.3 Å². The summed E-state index contributed by atoms with van der Waals surface area (Å²) in [7, 11) is 4.50. The summed E-state index contributed by atoms with van der Waals surface area (Å²) in [5.74, 6) is 2.08. The molecule has 0 atom stereocenters. The summed E-state index contributed by atoms with van der Waals surface area (Å²) in [6.07, 6.45) is 3.11. The van der Waals surface area contributed by atoms with E-state index in [2.05, 4.69) is 15.5 Å². The van der Waals surface area contributed by atoms with Crippen LogP contribution in [0.2, 0.25) is 0 Å². The third-order valence-corrected chi connectivity index (χ3v) is 4.71. The Hall–Kier alpha value is -4.53. The largest absolute Gasteiger partial charge is 0.493 e. The van der Waals surface area contributed by atoms with Crippen LogP contribution >= 0.6 is 0 Å². The zero-order valence-corrected chi connectivity index (χ0v) is 18.2. The molecule has 0 saturated heterocycles. The minimum Gasteiger partial charge on any atom is -0.493 e. The predicted octanol–water partition coefficient (Wildman–Crippen LogP) is 4.81. The average molecular weight is 447 g/mol. The van der Waals surface area contributed by atoms with E-state index in [0.717, 1.165) is 0 Å². The van der Waals surface area contributed by atoms with Gasteiger partial charge in [0.15, 0.2) is 11.5 Å². The average Bonchev–Trinajstić information content (AvgIpc) is 3.39. The number of aromatic nitrogens is 2. The zero-order chi connectivity index (χ0) is 23.2. The number of ether oxygens (including phenoxy) is 4. The van der Waals surface area contributed by atoms with Crippen LogP contribution in [0.15, 0.2) is 71.6 Å². The van der Waals surface area contributed by atoms with Gasteiger partial charge in [0.25, 0.3) is 5.91 Å². The van der Waals surface area contributed by atoms with E-state index in [-0.39, 0.29) is 5.91 Å². The fourth-order valence-corrected chi connectivity index (χ4v) is 3.12. The Labute approximate surface area is 189 Å². The summed E-state index contributed by atoms with van der Waals surface area (Å²) in [6.45, 7) is 0. The highest BCUT2D eigenvalue weighted by molar-refractivity contribution is 6.05. The van der Waals surface area contributed by atoms with Crippen molar-refractivity contribution in [3.8, 4) is 40.1 Å². The molecular formula is C24H21N3O6. The molecule has 0 radical (unpaired) electrons. The van der Waals surface area contributed by atoms with E-state index < -0.39 is 0 Å². The fraction of sp³-hybridized carbons (Fsp3) is 0.125. The number of rotatable bonds is 8. The van der Waals surface area contributed by atoms with Crippen LogP contribution in [0.5, 0.6) is 28.7 Å². The molecule has 9 nitrogen and oxygen atoms in total. The van der Waals surface area contributed by atoms with Crippen molar-refractivity contribution in [3.05, 3.63) is 72.6 Å². The highest BCUT2D eigenvalue weighted by Gasteiger charge is 2.17. The minimum absolute atomic E-state index is 0.325. The molecule has 0 unspecified atom stereocenters. The number of hydrogen-bond donors (Lipinski definition) is 1. The second-order valence-electron chi connectivity index (χ2n) is 6.76. The molecule has 0 aliphatic rings. The zero-order valence-electron chi connectivity index (χ0n) is 18.2. The van der Waals surface area contributed by atoms with E-state index in [1.165, 1.54) is 27.6 Å². The number of methoxy groups -OCH3 is 3. The molecule has 0 bridgehead atoms. The number of nitrogens with zero attached hydrogens (tertiary/aromatic N) is 2. The van der Waals surface area contributed by atoms with Crippen LogP contribution in [0.3, 0.4) is 0 Å². The first kappa shape index (κ1) is 21.7. The maximum atomic E-state index is 12.8. The predicted molar refractivity (Wildman–Crippen MR) is 120 cm³/mol. The van der Waals surface area contributed by atoms with Crippen LogP contribution in [0.1, 0.15) is 10.4 Å². The molecule has 4 aromatic rings. The third-order valence-electron chi connectivity index (χ3n) is 4.71. The Morgan fingerprint density at radius 2 is 1.58 bits per heavy atom. The molecule has 0 aliphatic heterocycles. The monoisotopic (exact) mass is 447 g/mol. The lowest BCUT2D eigenvalue weighted by Crippen LogP contribution is -2.12. The van der Waals surface area contributed by atoms with Crippen molar-refractivity contribution in [1.82, 2.24) is 10.1 Å². The van der Waals surface area contributed by atoms with Crippen molar-refractivity contribution in [2.24, 2.45) is 0 Å². The molecule has 2 aromatic carbocycles. The van der Waals surface area contributed by atoms with Gasteiger partial charge in [-0.25, -0.2) is 0 Å². The maximum absolute atomic E-state index is 12.8. The van der Waals surface area contributed by atoms with Gasteiger partial charge in [0.05, 0.1) is 27.0 Å². The lowest BCUT2D eigenvalue weighted by Gasteiger charge is -2.14. The van der Waals surface area contributed by atoms with Gasteiger partial charge in [-0.3, -0.25) is 9.78 Å². The van der Waals surface area contributed by atoms with E-state index in [1.54, 1.807) is 60.8 Å². The van der Waals surface area contributed by atoms with E-state index in [4.69, 9.17) is 23.5 Å². The van der Waals surface area contributed by atoms with Crippen LogP contribution in [0.25, 0.3) is 11.4 Å². The minimum atomic E-state index is -0.325. The molecule has 0 aliphatic carbocycles. The number of anilines is 1. The summed E-state index contributed by atoms with van der Waals surface area (Å²) in [5.41, 5.74) is 2.21. The molecule has 9 heteroatoms. The summed E-state index contributed by atoms with van der Waals surface area (Å²) in [5, 5.41) is 6.72. The van der Waals surface area contributed by atoms with Crippen molar-refractivity contribution >= 4 is 11.6 Å². The molecule has 2 aromatic heterocycles. The van der Waals surface area contributed by atoms with Crippen LogP contribution in [-0.2, 0) is 0 Å². The van der Waals surface area contributed by atoms with Crippen LogP contribution in [-0.4, -0.2) is 37.4 Å². The van der Waals surface area contributed by atoms with E-state index in [0.29, 0.717) is 51.4 Å². The lowest BCUT2D eigenvalue weighted by molar-refractivity contribution is 0.102. The van der Waals surface area contributed by atoms with Crippen LogP contribution in [0.4, 0.5) is 5.69 Å². The van der Waals surface area contributed by atoms with E-state index in [1.807, 2.05) is 0 Å². The Morgan fingerprint density at radius 1 is 0.848 bits per heavy atom. The lowest BCUT2D eigenvalue weighted by atomic mass is 10.1. The number of nitrogens with one attached hydrogen (secondary N) is 1. The molecule has 33 heavy (non-hydrogen) atoms. The highest BCUT2D eigenvalue weighted by Crippen LogP contribution is 2.38. The van der Waals surface area contributed by atoms with Gasteiger partial charge < -0.3 is 28.8 Å². The van der Waals surface area contributed by atoms with Crippen molar-refractivity contribution < 1.29 is 28.3 Å². The third kappa shape index (κ3) is 4.87. The van der Waals surface area contributed by atoms with Gasteiger partial charge in [-0.05, 0) is 42.5 Å². The number of carbonyl (C=O) groups excluding carboxylic acids is 1. The van der Waals surface area contributed by atoms with Crippen LogP contribution in [0, 0.1) is 0 Å². The molecule has 0 fully saturated rings. The Balaban J connectivity index is 1.46. The normalized spacial score (nSPS) is 10.4. The Morgan fingerprint density at radius 3 is 2.18 bits per heavy atom. The maximum Gasteiger partial charge on any atom is 0.255 e. The van der Waals surface area contributed by atoms with Gasteiger partial charge in [0, 0.05) is 29.6 Å². The molecule has 4 rings (SSSR count). The van der Waals surface area contributed by atoms with E-state index in [9.17, 15) is 4.79 Å². The number of hydrogen-bond acceptors (Lipinski definition) is 8. The first-order chi connectivity index (χ1) is 16.1. The standard InChI is InChI=1S/C24H21N3O6/c1-29-21-12-15(13-22(30-2)23(21)31-3)24(28)26-16-4-6-17(7-5-16)33-18-8-10-25-20(14-18)19-9-11-32-27-19/h4-14H,1-3H3,(H,26,28). The summed E-state index contributed by atoms with van der Waals surface area (Å²) >= 11 is 0.